The van der Waals surface area contributed by atoms with Crippen molar-refractivity contribution in [2.24, 2.45) is 5.92 Å². The minimum Gasteiger partial charge on any atom is -0.342 e. The fraction of sp³-hybridized carbons (Fsp3) is 0.450. The van der Waals surface area contributed by atoms with E-state index in [9.17, 15) is 9.59 Å². The summed E-state index contributed by atoms with van der Waals surface area (Å²) >= 11 is 0. The summed E-state index contributed by atoms with van der Waals surface area (Å²) in [6, 6.07) is 5.77. The summed E-state index contributed by atoms with van der Waals surface area (Å²) in [7, 11) is 0. The molecule has 2 aliphatic heterocycles. The van der Waals surface area contributed by atoms with E-state index in [-0.39, 0.29) is 17.4 Å². The number of carbonyl (C=O) groups is 1. The molecule has 8 nitrogen and oxygen atoms in total. The molecule has 2 atom stereocenters. The van der Waals surface area contributed by atoms with Crippen molar-refractivity contribution in [3.8, 4) is 11.1 Å². The molecule has 0 spiro atoms. The molecular formula is C20H22N6O2. The summed E-state index contributed by atoms with van der Waals surface area (Å²) in [5.41, 5.74) is 4.28. The molecule has 144 valence electrons. The van der Waals surface area contributed by atoms with Crippen LogP contribution in [0.3, 0.4) is 0 Å². The van der Waals surface area contributed by atoms with Crippen molar-refractivity contribution < 1.29 is 4.79 Å². The lowest BCUT2D eigenvalue weighted by Crippen LogP contribution is -2.48. The Balaban J connectivity index is 1.66. The molecule has 5 rings (SSSR count). The lowest BCUT2D eigenvalue weighted by Gasteiger charge is -2.42. The van der Waals surface area contributed by atoms with E-state index in [1.54, 1.807) is 23.8 Å². The number of rotatable bonds is 2. The summed E-state index contributed by atoms with van der Waals surface area (Å²) in [4.78, 5) is 26.8. The Morgan fingerprint density at radius 3 is 2.86 bits per heavy atom. The first kappa shape index (κ1) is 17.1. The zero-order valence-electron chi connectivity index (χ0n) is 16.0. The zero-order chi connectivity index (χ0) is 19.4. The highest BCUT2D eigenvalue weighted by Gasteiger charge is 2.35. The van der Waals surface area contributed by atoms with E-state index >= 15 is 0 Å². The van der Waals surface area contributed by atoms with Crippen LogP contribution < -0.4 is 5.56 Å². The van der Waals surface area contributed by atoms with Gasteiger partial charge in [-0.2, -0.15) is 9.61 Å². The Labute approximate surface area is 161 Å². The lowest BCUT2D eigenvalue weighted by atomic mass is 9.82. The van der Waals surface area contributed by atoms with E-state index in [1.807, 2.05) is 22.5 Å². The Kier molecular flexibility index (Phi) is 3.82. The molecule has 0 saturated carbocycles. The number of piperidine rings is 1. The van der Waals surface area contributed by atoms with Gasteiger partial charge in [-0.3, -0.25) is 9.59 Å². The Morgan fingerprint density at radius 1 is 1.21 bits per heavy atom. The van der Waals surface area contributed by atoms with Crippen molar-refractivity contribution in [2.75, 3.05) is 13.1 Å². The molecule has 3 aromatic rings. The van der Waals surface area contributed by atoms with E-state index in [0.717, 1.165) is 41.9 Å². The number of nitrogens with zero attached hydrogens (tertiary/aromatic N) is 6. The predicted octanol–water partition coefficient (Wildman–Crippen LogP) is 1.48. The average molecular weight is 378 g/mol. The third kappa shape index (κ3) is 2.63. The first-order chi connectivity index (χ1) is 13.5. The number of pyridine rings is 1. The third-order valence-electron chi connectivity index (χ3n) is 5.99. The molecule has 28 heavy (non-hydrogen) atoms. The Hall–Kier alpha value is -3.03. The standard InChI is InChI=1S/C20H22N6O2/c1-3-16-7-17(20-22-21-11-26(20)23-16)14-5-18-15-4-13(8-24(10-15)12(2)27)9-25(18)19(28)6-14/h5-7,11,13,15H,3-4,8-10H2,1-2H3/t13-,15+/m0/s1. The number of aromatic nitrogens is 5. The van der Waals surface area contributed by atoms with Crippen LogP contribution in [-0.2, 0) is 17.8 Å². The molecular weight excluding hydrogens is 356 g/mol. The predicted molar refractivity (Wildman–Crippen MR) is 103 cm³/mol. The van der Waals surface area contributed by atoms with Crippen LogP contribution in [0.15, 0.2) is 29.3 Å². The van der Waals surface area contributed by atoms with Crippen molar-refractivity contribution in [1.29, 1.82) is 0 Å². The van der Waals surface area contributed by atoms with Crippen LogP contribution in [-0.4, -0.2) is 48.3 Å². The third-order valence-corrected chi connectivity index (χ3v) is 5.99. The van der Waals surface area contributed by atoms with Gasteiger partial charge in [0, 0.05) is 49.8 Å². The van der Waals surface area contributed by atoms with Crippen molar-refractivity contribution in [1.82, 2.24) is 29.3 Å². The topological polar surface area (TPSA) is 85.4 Å². The molecule has 2 bridgehead atoms. The minimum absolute atomic E-state index is 0.00556. The molecule has 0 N–H and O–H groups in total. The van der Waals surface area contributed by atoms with E-state index < -0.39 is 0 Å². The van der Waals surface area contributed by atoms with Gasteiger partial charge in [0.05, 0.1) is 5.69 Å². The summed E-state index contributed by atoms with van der Waals surface area (Å²) < 4.78 is 3.56. The first-order valence-electron chi connectivity index (χ1n) is 9.74. The van der Waals surface area contributed by atoms with Crippen LogP contribution in [0.2, 0.25) is 0 Å². The molecule has 1 fully saturated rings. The average Bonchev–Trinajstić information content (AvgIpc) is 3.16. The van der Waals surface area contributed by atoms with Crippen LogP contribution in [0.4, 0.5) is 0 Å². The fourth-order valence-corrected chi connectivity index (χ4v) is 4.64. The van der Waals surface area contributed by atoms with Gasteiger partial charge in [0.15, 0.2) is 5.65 Å². The van der Waals surface area contributed by atoms with E-state index in [1.165, 1.54) is 0 Å². The summed E-state index contributed by atoms with van der Waals surface area (Å²) in [6.07, 6.45) is 3.38. The number of aryl methyl sites for hydroxylation is 1. The molecule has 3 aromatic heterocycles. The van der Waals surface area contributed by atoms with E-state index in [0.29, 0.717) is 24.7 Å². The van der Waals surface area contributed by atoms with Gasteiger partial charge in [0.25, 0.3) is 5.56 Å². The van der Waals surface area contributed by atoms with Crippen molar-refractivity contribution in [3.05, 3.63) is 46.3 Å². The van der Waals surface area contributed by atoms with Crippen molar-refractivity contribution >= 4 is 11.6 Å². The molecule has 0 aromatic carbocycles. The number of amides is 1. The van der Waals surface area contributed by atoms with Crippen molar-refractivity contribution in [2.45, 2.75) is 39.2 Å². The van der Waals surface area contributed by atoms with Crippen LogP contribution in [0.5, 0.6) is 0 Å². The second-order valence-corrected chi connectivity index (χ2v) is 7.84. The fourth-order valence-electron chi connectivity index (χ4n) is 4.64. The van der Waals surface area contributed by atoms with Gasteiger partial charge in [-0.05, 0) is 36.5 Å². The normalized spacial score (nSPS) is 21.0. The van der Waals surface area contributed by atoms with Gasteiger partial charge >= 0.3 is 0 Å². The van der Waals surface area contributed by atoms with Gasteiger partial charge in [-0.1, -0.05) is 6.92 Å². The molecule has 0 aliphatic carbocycles. The Bertz CT molecular complexity index is 1150. The van der Waals surface area contributed by atoms with Gasteiger partial charge in [0.1, 0.15) is 6.33 Å². The van der Waals surface area contributed by atoms with Gasteiger partial charge in [-0.15, -0.1) is 10.2 Å². The number of hydrogen-bond acceptors (Lipinski definition) is 5. The summed E-state index contributed by atoms with van der Waals surface area (Å²) in [5, 5.41) is 12.7. The second-order valence-electron chi connectivity index (χ2n) is 7.84. The van der Waals surface area contributed by atoms with Crippen LogP contribution in [0.25, 0.3) is 16.8 Å². The van der Waals surface area contributed by atoms with Crippen LogP contribution >= 0.6 is 0 Å². The number of carbonyl (C=O) groups excluding carboxylic acids is 1. The number of likely N-dealkylation sites (tertiary alicyclic amines) is 1. The maximum Gasteiger partial charge on any atom is 0.251 e. The van der Waals surface area contributed by atoms with Gasteiger partial charge in [-0.25, -0.2) is 0 Å². The van der Waals surface area contributed by atoms with Gasteiger partial charge in [0.2, 0.25) is 5.91 Å². The number of fused-ring (bicyclic) bond motifs is 5. The van der Waals surface area contributed by atoms with Crippen molar-refractivity contribution in [3.63, 3.8) is 0 Å². The molecule has 0 unspecified atom stereocenters. The molecule has 8 heteroatoms. The smallest absolute Gasteiger partial charge is 0.251 e. The lowest BCUT2D eigenvalue weighted by molar-refractivity contribution is -0.131. The van der Waals surface area contributed by atoms with Gasteiger partial charge < -0.3 is 9.47 Å². The maximum absolute atomic E-state index is 13.0. The maximum atomic E-state index is 13.0. The zero-order valence-corrected chi connectivity index (χ0v) is 16.0. The SMILES string of the molecule is CCc1cc(-c2cc3n(c(=O)c2)C[C@H]2C[C@@H]3CN(C(C)=O)C2)c2nncn2n1. The molecule has 0 radical (unpaired) electrons. The highest BCUT2D eigenvalue weighted by atomic mass is 16.2. The first-order valence-corrected chi connectivity index (χ1v) is 9.74. The highest BCUT2D eigenvalue weighted by Crippen LogP contribution is 2.37. The summed E-state index contributed by atoms with van der Waals surface area (Å²) in [5.74, 6) is 0.633. The quantitative estimate of drug-likeness (QED) is 0.674. The summed E-state index contributed by atoms with van der Waals surface area (Å²) in [6.45, 7) is 5.75. The van der Waals surface area contributed by atoms with Crippen LogP contribution in [0.1, 0.15) is 37.6 Å². The Morgan fingerprint density at radius 2 is 2.07 bits per heavy atom. The molecule has 1 saturated heterocycles. The van der Waals surface area contributed by atoms with E-state index in [2.05, 4.69) is 21.4 Å². The number of hydrogen-bond donors (Lipinski definition) is 0. The van der Waals surface area contributed by atoms with E-state index in [4.69, 9.17) is 0 Å². The monoisotopic (exact) mass is 378 g/mol. The molecule has 5 heterocycles. The molecule has 1 amide bonds. The highest BCUT2D eigenvalue weighted by molar-refractivity contribution is 5.77. The van der Waals surface area contributed by atoms with Crippen LogP contribution in [0, 0.1) is 5.92 Å². The second kappa shape index (κ2) is 6.25. The molecule has 2 aliphatic rings. The minimum atomic E-state index is 0.00556. The largest absolute Gasteiger partial charge is 0.342 e.